The van der Waals surface area contributed by atoms with Crippen molar-refractivity contribution in [3.8, 4) is 5.69 Å². The molecule has 0 radical (unpaired) electrons. The molecule has 1 aromatic heterocycles. The fraction of sp³-hybridized carbons (Fsp3) is 0.312. The van der Waals surface area contributed by atoms with Gasteiger partial charge in [-0.25, -0.2) is 9.48 Å². The predicted molar refractivity (Wildman–Crippen MR) is 89.6 cm³/mol. The smallest absolute Gasteiger partial charge is 0.326 e. The van der Waals surface area contributed by atoms with E-state index in [1.165, 1.54) is 0 Å². The standard InChI is InChI=1S/C16H18BrN3O3/c1-10(2)8-14(16(22)23)18-15(21)13-6-7-20(19-13)12-5-3-4-11(17)9-12/h3-7,9-10,14H,8H2,1-2H3,(H,18,21)(H,22,23). The quantitative estimate of drug-likeness (QED) is 0.807. The lowest BCUT2D eigenvalue weighted by Crippen LogP contribution is -2.41. The number of hydrogen-bond donors (Lipinski definition) is 2. The number of aliphatic carboxylic acids is 1. The highest BCUT2D eigenvalue weighted by molar-refractivity contribution is 9.10. The van der Waals surface area contributed by atoms with Crippen molar-refractivity contribution in [1.82, 2.24) is 15.1 Å². The summed E-state index contributed by atoms with van der Waals surface area (Å²) in [4.78, 5) is 23.4. The Morgan fingerprint density at radius 3 is 2.70 bits per heavy atom. The van der Waals surface area contributed by atoms with Gasteiger partial charge in [-0.2, -0.15) is 5.10 Å². The second kappa shape index (κ2) is 7.41. The molecule has 0 spiro atoms. The fourth-order valence-corrected chi connectivity index (χ4v) is 2.52. The van der Waals surface area contributed by atoms with Gasteiger partial charge < -0.3 is 10.4 Å². The summed E-state index contributed by atoms with van der Waals surface area (Å²) < 4.78 is 2.47. The van der Waals surface area contributed by atoms with Crippen molar-refractivity contribution in [3.05, 3.63) is 46.7 Å². The molecule has 1 amide bonds. The van der Waals surface area contributed by atoms with E-state index in [1.807, 2.05) is 38.1 Å². The van der Waals surface area contributed by atoms with Crippen molar-refractivity contribution in [3.63, 3.8) is 0 Å². The molecule has 1 unspecified atom stereocenters. The molecule has 2 aromatic rings. The Balaban J connectivity index is 2.13. The molecular formula is C16H18BrN3O3. The maximum atomic E-state index is 12.2. The first-order valence-corrected chi connectivity index (χ1v) is 8.01. The fourth-order valence-electron chi connectivity index (χ4n) is 2.13. The molecule has 6 nitrogen and oxygen atoms in total. The van der Waals surface area contributed by atoms with Gasteiger partial charge in [0.25, 0.3) is 5.91 Å². The van der Waals surface area contributed by atoms with Gasteiger partial charge in [-0.15, -0.1) is 0 Å². The van der Waals surface area contributed by atoms with Gasteiger partial charge in [0.15, 0.2) is 5.69 Å². The van der Waals surface area contributed by atoms with Crippen LogP contribution in [-0.2, 0) is 4.79 Å². The second-order valence-electron chi connectivity index (χ2n) is 5.62. The molecule has 0 aliphatic carbocycles. The summed E-state index contributed by atoms with van der Waals surface area (Å²) >= 11 is 3.38. The van der Waals surface area contributed by atoms with E-state index < -0.39 is 17.9 Å². The van der Waals surface area contributed by atoms with Crippen LogP contribution in [-0.4, -0.2) is 32.8 Å². The van der Waals surface area contributed by atoms with E-state index in [0.717, 1.165) is 10.2 Å². The second-order valence-corrected chi connectivity index (χ2v) is 6.53. The first-order chi connectivity index (χ1) is 10.9. The Kier molecular flexibility index (Phi) is 5.54. The molecule has 7 heteroatoms. The largest absolute Gasteiger partial charge is 0.480 e. The van der Waals surface area contributed by atoms with Gasteiger partial charge in [-0.1, -0.05) is 35.8 Å². The van der Waals surface area contributed by atoms with E-state index in [0.29, 0.717) is 6.42 Å². The van der Waals surface area contributed by atoms with Gasteiger partial charge >= 0.3 is 5.97 Å². The molecule has 0 saturated heterocycles. The minimum absolute atomic E-state index is 0.163. The highest BCUT2D eigenvalue weighted by Crippen LogP contribution is 2.15. The minimum atomic E-state index is -1.04. The van der Waals surface area contributed by atoms with Crippen molar-refractivity contribution >= 4 is 27.8 Å². The molecule has 23 heavy (non-hydrogen) atoms. The summed E-state index contributed by atoms with van der Waals surface area (Å²) in [5, 5.41) is 15.9. The molecule has 0 aliphatic heterocycles. The van der Waals surface area contributed by atoms with Crippen molar-refractivity contribution in [2.24, 2.45) is 5.92 Å². The summed E-state index contributed by atoms with van der Waals surface area (Å²) in [5.74, 6) is -1.37. The topological polar surface area (TPSA) is 84.2 Å². The van der Waals surface area contributed by atoms with Crippen LogP contribution in [0.2, 0.25) is 0 Å². The molecule has 1 aromatic carbocycles. The number of carboxylic acids is 1. The average Bonchev–Trinajstić information content (AvgIpc) is 2.95. The number of halogens is 1. The number of rotatable bonds is 6. The predicted octanol–water partition coefficient (Wildman–Crippen LogP) is 2.86. The number of hydrogen-bond acceptors (Lipinski definition) is 3. The van der Waals surface area contributed by atoms with Crippen molar-refractivity contribution in [2.45, 2.75) is 26.3 Å². The number of nitrogens with one attached hydrogen (secondary N) is 1. The number of benzene rings is 1. The number of amides is 1. The van der Waals surface area contributed by atoms with Crippen LogP contribution in [0.4, 0.5) is 0 Å². The van der Waals surface area contributed by atoms with E-state index in [-0.39, 0.29) is 11.6 Å². The summed E-state index contributed by atoms with van der Waals surface area (Å²) in [5.41, 5.74) is 0.982. The lowest BCUT2D eigenvalue weighted by molar-refractivity contribution is -0.139. The van der Waals surface area contributed by atoms with Gasteiger partial charge in [0.2, 0.25) is 0 Å². The highest BCUT2D eigenvalue weighted by atomic mass is 79.9. The van der Waals surface area contributed by atoms with E-state index in [2.05, 4.69) is 26.3 Å². The SMILES string of the molecule is CC(C)CC(NC(=O)c1ccn(-c2cccc(Br)c2)n1)C(=O)O. The summed E-state index contributed by atoms with van der Waals surface area (Å²) in [7, 11) is 0. The first-order valence-electron chi connectivity index (χ1n) is 7.22. The number of carboxylic acid groups (broad SMARTS) is 1. The van der Waals surface area contributed by atoms with Crippen molar-refractivity contribution < 1.29 is 14.7 Å². The first kappa shape index (κ1) is 17.2. The van der Waals surface area contributed by atoms with Crippen LogP contribution in [0.1, 0.15) is 30.8 Å². The van der Waals surface area contributed by atoms with Crippen LogP contribution in [0.3, 0.4) is 0 Å². The van der Waals surface area contributed by atoms with Crippen molar-refractivity contribution in [1.29, 1.82) is 0 Å². The molecule has 0 bridgehead atoms. The van der Waals surface area contributed by atoms with Gasteiger partial charge in [0.1, 0.15) is 6.04 Å². The third-order valence-electron chi connectivity index (χ3n) is 3.20. The average molecular weight is 380 g/mol. The lowest BCUT2D eigenvalue weighted by atomic mass is 10.0. The van der Waals surface area contributed by atoms with Crippen molar-refractivity contribution in [2.75, 3.05) is 0 Å². The molecular weight excluding hydrogens is 362 g/mol. The van der Waals surface area contributed by atoms with Gasteiger partial charge in [-0.05, 0) is 36.6 Å². The van der Waals surface area contributed by atoms with E-state index in [9.17, 15) is 14.7 Å². The molecule has 122 valence electrons. The Labute approximate surface area is 142 Å². The number of carbonyl (C=O) groups excluding carboxylic acids is 1. The summed E-state index contributed by atoms with van der Waals surface area (Å²) in [6.07, 6.45) is 2.03. The maximum absolute atomic E-state index is 12.2. The van der Waals surface area contributed by atoms with E-state index in [4.69, 9.17) is 0 Å². The summed E-state index contributed by atoms with van der Waals surface area (Å²) in [6.45, 7) is 3.81. The molecule has 0 aliphatic rings. The normalized spacial score (nSPS) is 12.2. The van der Waals surface area contributed by atoms with Gasteiger partial charge in [0.05, 0.1) is 5.69 Å². The summed E-state index contributed by atoms with van der Waals surface area (Å²) in [6, 6.07) is 8.13. The molecule has 1 heterocycles. The Bertz CT molecular complexity index is 712. The third kappa shape index (κ3) is 4.66. The lowest BCUT2D eigenvalue weighted by Gasteiger charge is -2.15. The Hall–Kier alpha value is -2.15. The van der Waals surface area contributed by atoms with Crippen LogP contribution >= 0.6 is 15.9 Å². The number of aromatic nitrogens is 2. The molecule has 1 atom stereocenters. The number of carbonyl (C=O) groups is 2. The zero-order valence-corrected chi connectivity index (χ0v) is 14.4. The Morgan fingerprint density at radius 1 is 1.35 bits per heavy atom. The minimum Gasteiger partial charge on any atom is -0.480 e. The maximum Gasteiger partial charge on any atom is 0.326 e. The van der Waals surface area contributed by atoms with E-state index in [1.54, 1.807) is 16.9 Å². The zero-order chi connectivity index (χ0) is 17.0. The van der Waals surface area contributed by atoms with Crippen LogP contribution in [0, 0.1) is 5.92 Å². The molecule has 2 N–H and O–H groups in total. The van der Waals surface area contributed by atoms with Gasteiger partial charge in [0, 0.05) is 10.7 Å². The zero-order valence-electron chi connectivity index (χ0n) is 12.9. The van der Waals surface area contributed by atoms with Crippen LogP contribution in [0.15, 0.2) is 41.0 Å². The third-order valence-corrected chi connectivity index (χ3v) is 3.70. The monoisotopic (exact) mass is 379 g/mol. The molecule has 2 rings (SSSR count). The van der Waals surface area contributed by atoms with Gasteiger partial charge in [-0.3, -0.25) is 4.79 Å². The molecule has 0 fully saturated rings. The van der Waals surface area contributed by atoms with Crippen LogP contribution < -0.4 is 5.32 Å². The van der Waals surface area contributed by atoms with Crippen LogP contribution in [0.25, 0.3) is 5.69 Å². The Morgan fingerprint density at radius 2 is 2.09 bits per heavy atom. The number of nitrogens with zero attached hydrogens (tertiary/aromatic N) is 2. The highest BCUT2D eigenvalue weighted by Gasteiger charge is 2.22. The van der Waals surface area contributed by atoms with E-state index >= 15 is 0 Å². The molecule has 0 saturated carbocycles. The van der Waals surface area contributed by atoms with Crippen LogP contribution in [0.5, 0.6) is 0 Å².